The minimum Gasteiger partial charge on any atom is -0.336 e. The number of rotatable bonds is 5. The van der Waals surface area contributed by atoms with Crippen molar-refractivity contribution < 1.29 is 9.59 Å². The molecule has 0 aliphatic carbocycles. The van der Waals surface area contributed by atoms with Crippen molar-refractivity contribution in [1.29, 1.82) is 0 Å². The molecule has 1 aliphatic rings. The van der Waals surface area contributed by atoms with Crippen LogP contribution in [-0.4, -0.2) is 29.4 Å². The maximum Gasteiger partial charge on any atom is 0.248 e. The van der Waals surface area contributed by atoms with Crippen molar-refractivity contribution in [1.82, 2.24) is 10.2 Å². The molecule has 0 bridgehead atoms. The van der Waals surface area contributed by atoms with Gasteiger partial charge in [0.1, 0.15) is 6.17 Å². The van der Waals surface area contributed by atoms with Crippen LogP contribution >= 0.6 is 0 Å². The Labute approximate surface area is 132 Å². The number of likely N-dealkylation sites (tertiary alicyclic amines) is 1. The van der Waals surface area contributed by atoms with Crippen LogP contribution in [0, 0.1) is 5.92 Å². The zero-order valence-corrected chi connectivity index (χ0v) is 13.3. The van der Waals surface area contributed by atoms with Crippen molar-refractivity contribution in [3.05, 3.63) is 42.0 Å². The van der Waals surface area contributed by atoms with Crippen LogP contribution in [0.3, 0.4) is 0 Å². The molecule has 1 aliphatic heterocycles. The van der Waals surface area contributed by atoms with Gasteiger partial charge in [-0.15, -0.1) is 0 Å². The van der Waals surface area contributed by atoms with Gasteiger partial charge >= 0.3 is 0 Å². The lowest BCUT2D eigenvalue weighted by Crippen LogP contribution is -2.47. The van der Waals surface area contributed by atoms with E-state index in [2.05, 4.69) is 5.32 Å². The van der Waals surface area contributed by atoms with Crippen LogP contribution in [0.2, 0.25) is 0 Å². The fourth-order valence-electron chi connectivity index (χ4n) is 2.50. The summed E-state index contributed by atoms with van der Waals surface area (Å²) in [7, 11) is 0. The first-order chi connectivity index (χ1) is 10.6. The summed E-state index contributed by atoms with van der Waals surface area (Å²) in [5.41, 5.74) is 0.996. The second kappa shape index (κ2) is 7.78. The Bertz CT molecular complexity index is 539. The second-order valence-electron chi connectivity index (χ2n) is 5.75. The fraction of sp³-hybridized carbons (Fsp3) is 0.444. The minimum atomic E-state index is -0.172. The Morgan fingerprint density at radius 1 is 1.36 bits per heavy atom. The van der Waals surface area contributed by atoms with Crippen LogP contribution in [0.1, 0.15) is 38.7 Å². The van der Waals surface area contributed by atoms with Gasteiger partial charge in [-0.3, -0.25) is 9.59 Å². The minimum absolute atomic E-state index is 0.0163. The molecule has 4 heteroatoms. The Morgan fingerprint density at radius 2 is 2.09 bits per heavy atom. The van der Waals surface area contributed by atoms with Crippen molar-refractivity contribution in [3.63, 3.8) is 0 Å². The summed E-state index contributed by atoms with van der Waals surface area (Å²) in [5, 5.41) is 2.99. The standard InChI is InChI=1S/C18H24N2O2/c1-3-14(2)18(22)19-16-10-7-13-20(16)17(21)12-11-15-8-5-4-6-9-15/h4-6,8-9,11-12,14,16H,3,7,10,13H2,1-2H3,(H,19,22)/b12-11+/t14-,16+/m1/s1. The second-order valence-corrected chi connectivity index (χ2v) is 5.75. The third-order valence-corrected chi connectivity index (χ3v) is 4.12. The van der Waals surface area contributed by atoms with Crippen LogP contribution in [0.4, 0.5) is 0 Å². The third kappa shape index (κ3) is 4.20. The quantitative estimate of drug-likeness (QED) is 0.850. The van der Waals surface area contributed by atoms with Gasteiger partial charge in [0.2, 0.25) is 11.8 Å². The van der Waals surface area contributed by atoms with E-state index in [1.807, 2.05) is 50.3 Å². The molecule has 2 rings (SSSR count). The molecule has 1 fully saturated rings. The average Bonchev–Trinajstić information content (AvgIpc) is 3.00. The van der Waals surface area contributed by atoms with Gasteiger partial charge < -0.3 is 10.2 Å². The van der Waals surface area contributed by atoms with Crippen molar-refractivity contribution in [2.24, 2.45) is 5.92 Å². The molecule has 1 N–H and O–H groups in total. The van der Waals surface area contributed by atoms with E-state index in [0.717, 1.165) is 24.8 Å². The van der Waals surface area contributed by atoms with Gasteiger partial charge in [-0.25, -0.2) is 0 Å². The molecule has 2 atom stereocenters. The highest BCUT2D eigenvalue weighted by atomic mass is 16.2. The maximum atomic E-state index is 12.3. The summed E-state index contributed by atoms with van der Waals surface area (Å²) in [4.78, 5) is 26.1. The van der Waals surface area contributed by atoms with Gasteiger partial charge in [0.25, 0.3) is 0 Å². The number of hydrogen-bond acceptors (Lipinski definition) is 2. The number of nitrogens with zero attached hydrogens (tertiary/aromatic N) is 1. The highest BCUT2D eigenvalue weighted by molar-refractivity contribution is 5.92. The number of benzene rings is 1. The van der Waals surface area contributed by atoms with Gasteiger partial charge in [-0.05, 0) is 30.9 Å². The fourth-order valence-corrected chi connectivity index (χ4v) is 2.50. The number of carbonyl (C=O) groups is 2. The normalized spacial score (nSPS) is 19.4. The van der Waals surface area contributed by atoms with Crippen molar-refractivity contribution >= 4 is 17.9 Å². The van der Waals surface area contributed by atoms with E-state index in [1.54, 1.807) is 11.0 Å². The number of nitrogens with one attached hydrogen (secondary N) is 1. The molecule has 4 nitrogen and oxygen atoms in total. The molecule has 1 heterocycles. The summed E-state index contributed by atoms with van der Waals surface area (Å²) >= 11 is 0. The molecule has 1 aromatic carbocycles. The van der Waals surface area contributed by atoms with Gasteiger partial charge in [0.05, 0.1) is 0 Å². The zero-order chi connectivity index (χ0) is 15.9. The molecule has 2 amide bonds. The lowest BCUT2D eigenvalue weighted by atomic mass is 10.1. The molecule has 0 radical (unpaired) electrons. The van der Waals surface area contributed by atoms with E-state index in [-0.39, 0.29) is 23.9 Å². The SMILES string of the molecule is CC[C@@H](C)C(=O)N[C@@H]1CCCN1C(=O)/C=C/c1ccccc1. The van der Waals surface area contributed by atoms with Crippen LogP contribution in [0.5, 0.6) is 0 Å². The van der Waals surface area contributed by atoms with E-state index in [4.69, 9.17) is 0 Å². The molecule has 22 heavy (non-hydrogen) atoms. The predicted molar refractivity (Wildman–Crippen MR) is 87.8 cm³/mol. The van der Waals surface area contributed by atoms with Crippen molar-refractivity contribution in [3.8, 4) is 0 Å². The first kappa shape index (κ1) is 16.3. The highest BCUT2D eigenvalue weighted by Gasteiger charge is 2.29. The Hall–Kier alpha value is -2.10. The van der Waals surface area contributed by atoms with Crippen LogP contribution in [-0.2, 0) is 9.59 Å². The largest absolute Gasteiger partial charge is 0.336 e. The summed E-state index contributed by atoms with van der Waals surface area (Å²) in [6.45, 7) is 4.60. The van der Waals surface area contributed by atoms with Crippen LogP contribution < -0.4 is 5.32 Å². The maximum absolute atomic E-state index is 12.3. The molecule has 0 aromatic heterocycles. The summed E-state index contributed by atoms with van der Waals surface area (Å²) in [6, 6.07) is 9.73. The Morgan fingerprint density at radius 3 is 2.77 bits per heavy atom. The topological polar surface area (TPSA) is 49.4 Å². The molecule has 1 saturated heterocycles. The van der Waals surface area contributed by atoms with Gasteiger partial charge in [-0.2, -0.15) is 0 Å². The van der Waals surface area contributed by atoms with Crippen molar-refractivity contribution in [2.45, 2.75) is 39.3 Å². The molecule has 0 unspecified atom stereocenters. The Balaban J connectivity index is 1.96. The Kier molecular flexibility index (Phi) is 5.75. The lowest BCUT2D eigenvalue weighted by Gasteiger charge is -2.25. The highest BCUT2D eigenvalue weighted by Crippen LogP contribution is 2.17. The van der Waals surface area contributed by atoms with E-state index in [0.29, 0.717) is 6.54 Å². The smallest absolute Gasteiger partial charge is 0.248 e. The number of carbonyl (C=O) groups excluding carboxylic acids is 2. The van der Waals surface area contributed by atoms with Crippen LogP contribution in [0.25, 0.3) is 6.08 Å². The lowest BCUT2D eigenvalue weighted by molar-refractivity contribution is -0.131. The average molecular weight is 300 g/mol. The molecule has 1 aromatic rings. The van der Waals surface area contributed by atoms with Gasteiger partial charge in [0.15, 0.2) is 0 Å². The molecular weight excluding hydrogens is 276 g/mol. The van der Waals surface area contributed by atoms with E-state index in [9.17, 15) is 9.59 Å². The van der Waals surface area contributed by atoms with E-state index in [1.165, 1.54) is 0 Å². The zero-order valence-electron chi connectivity index (χ0n) is 13.3. The molecule has 0 saturated carbocycles. The van der Waals surface area contributed by atoms with E-state index < -0.39 is 0 Å². The van der Waals surface area contributed by atoms with Crippen molar-refractivity contribution in [2.75, 3.05) is 6.54 Å². The first-order valence-corrected chi connectivity index (χ1v) is 7.96. The molecular formula is C18H24N2O2. The summed E-state index contributed by atoms with van der Waals surface area (Å²) in [6.07, 6.45) is 5.79. The van der Waals surface area contributed by atoms with E-state index >= 15 is 0 Å². The first-order valence-electron chi connectivity index (χ1n) is 7.96. The number of amides is 2. The number of hydrogen-bond donors (Lipinski definition) is 1. The third-order valence-electron chi connectivity index (χ3n) is 4.12. The predicted octanol–water partition coefficient (Wildman–Crippen LogP) is 2.81. The van der Waals surface area contributed by atoms with Gasteiger partial charge in [0, 0.05) is 18.5 Å². The summed E-state index contributed by atoms with van der Waals surface area (Å²) in [5.74, 6) is -0.0348. The van der Waals surface area contributed by atoms with Gasteiger partial charge in [-0.1, -0.05) is 44.2 Å². The van der Waals surface area contributed by atoms with Crippen LogP contribution in [0.15, 0.2) is 36.4 Å². The monoisotopic (exact) mass is 300 g/mol. The summed E-state index contributed by atoms with van der Waals surface area (Å²) < 4.78 is 0. The molecule has 118 valence electrons. The molecule has 0 spiro atoms.